The maximum Gasteiger partial charge on any atom is 0.334 e. The molecule has 4 rings (SSSR count). The van der Waals surface area contributed by atoms with Crippen molar-refractivity contribution in [3.8, 4) is 6.07 Å². The van der Waals surface area contributed by atoms with Gasteiger partial charge in [0.15, 0.2) is 5.78 Å². The molecule has 1 aromatic heterocycles. The Morgan fingerprint density at radius 1 is 1.20 bits per heavy atom. The van der Waals surface area contributed by atoms with Gasteiger partial charge in [0.05, 0.1) is 6.07 Å². The highest BCUT2D eigenvalue weighted by Gasteiger charge is 2.57. The molecule has 5 nitrogen and oxygen atoms in total. The number of fused-ring (bicyclic) bond motifs is 3. The van der Waals surface area contributed by atoms with Crippen LogP contribution >= 0.6 is 0 Å². The van der Waals surface area contributed by atoms with E-state index >= 15 is 0 Å². The number of rotatable bonds is 8. The number of carbonyl (C=O) groups is 2. The third-order valence-electron chi connectivity index (χ3n) is 6.35. The van der Waals surface area contributed by atoms with Gasteiger partial charge < -0.3 is 9.30 Å². The van der Waals surface area contributed by atoms with Gasteiger partial charge in [0.1, 0.15) is 12.0 Å². The largest absolute Gasteiger partial charge is 0.457 e. The van der Waals surface area contributed by atoms with Gasteiger partial charge in [-0.2, -0.15) is 5.26 Å². The topological polar surface area (TPSA) is 72.1 Å². The molecule has 0 spiro atoms. The van der Waals surface area contributed by atoms with Crippen molar-refractivity contribution < 1.29 is 14.3 Å². The Bertz CT molecular complexity index is 1030. The minimum Gasteiger partial charge on any atom is -0.457 e. The standard InChI is InChI=1S/C25H26N2O3/c1-2-3-5-12-22(28)25(17-26)14-19(20-15-27-13-8-11-21(27)23(20)25)24(29)30-16-18-9-6-4-7-10-18/h4,6-11,13,23H,2-3,5,12,14-16H2,1H3. The molecule has 0 amide bonds. The average Bonchev–Trinajstić information content (AvgIpc) is 3.44. The van der Waals surface area contributed by atoms with E-state index in [0.29, 0.717) is 18.5 Å². The first-order valence-electron chi connectivity index (χ1n) is 10.6. The quantitative estimate of drug-likeness (QED) is 0.474. The van der Waals surface area contributed by atoms with E-state index in [4.69, 9.17) is 4.74 Å². The van der Waals surface area contributed by atoms with Crippen molar-refractivity contribution in [3.63, 3.8) is 0 Å². The Morgan fingerprint density at radius 2 is 2.00 bits per heavy atom. The summed E-state index contributed by atoms with van der Waals surface area (Å²) in [6, 6.07) is 15.8. The third kappa shape index (κ3) is 3.37. The SMILES string of the molecule is CCCCCC(=O)C1(C#N)CC(C(=O)OCc2ccccc2)=C2Cn3cccc3C21. The number of benzene rings is 1. The van der Waals surface area contributed by atoms with Crippen LogP contribution in [0.3, 0.4) is 0 Å². The molecule has 1 aliphatic carbocycles. The van der Waals surface area contributed by atoms with Crippen molar-refractivity contribution in [1.82, 2.24) is 4.57 Å². The molecule has 154 valence electrons. The van der Waals surface area contributed by atoms with Crippen LogP contribution in [-0.4, -0.2) is 16.3 Å². The van der Waals surface area contributed by atoms with E-state index in [1.165, 1.54) is 0 Å². The van der Waals surface area contributed by atoms with Gasteiger partial charge in [0.25, 0.3) is 0 Å². The molecule has 2 unspecified atom stereocenters. The number of ether oxygens (including phenoxy) is 1. The van der Waals surface area contributed by atoms with E-state index in [-0.39, 0.29) is 24.7 Å². The first-order valence-corrected chi connectivity index (χ1v) is 10.6. The lowest BCUT2D eigenvalue weighted by Gasteiger charge is -2.26. The third-order valence-corrected chi connectivity index (χ3v) is 6.35. The molecule has 2 aliphatic rings. The molecular weight excluding hydrogens is 376 g/mol. The minimum absolute atomic E-state index is 0.0542. The summed E-state index contributed by atoms with van der Waals surface area (Å²) < 4.78 is 7.62. The summed E-state index contributed by atoms with van der Waals surface area (Å²) in [5.74, 6) is -0.824. The fourth-order valence-electron chi connectivity index (χ4n) is 4.80. The summed E-state index contributed by atoms with van der Waals surface area (Å²) in [5, 5.41) is 10.2. The maximum absolute atomic E-state index is 13.3. The Balaban J connectivity index is 1.62. The highest BCUT2D eigenvalue weighted by atomic mass is 16.5. The second-order valence-electron chi connectivity index (χ2n) is 8.20. The van der Waals surface area contributed by atoms with Crippen molar-refractivity contribution in [2.75, 3.05) is 0 Å². The van der Waals surface area contributed by atoms with Gasteiger partial charge >= 0.3 is 5.97 Å². The van der Waals surface area contributed by atoms with Gasteiger partial charge in [-0.25, -0.2) is 4.79 Å². The molecule has 0 fully saturated rings. The fraction of sp³-hybridized carbons (Fsp3) is 0.400. The minimum atomic E-state index is -1.21. The van der Waals surface area contributed by atoms with Gasteiger partial charge in [0, 0.05) is 42.8 Å². The number of esters is 1. The molecule has 0 radical (unpaired) electrons. The van der Waals surface area contributed by atoms with E-state index in [1.807, 2.05) is 53.2 Å². The van der Waals surface area contributed by atoms with Crippen molar-refractivity contribution in [1.29, 1.82) is 5.26 Å². The summed E-state index contributed by atoms with van der Waals surface area (Å²) in [4.78, 5) is 26.3. The molecule has 5 heteroatoms. The fourth-order valence-corrected chi connectivity index (χ4v) is 4.80. The van der Waals surface area contributed by atoms with Crippen LogP contribution in [0.4, 0.5) is 0 Å². The number of aromatic nitrogens is 1. The lowest BCUT2D eigenvalue weighted by atomic mass is 9.71. The van der Waals surface area contributed by atoms with Crippen LogP contribution < -0.4 is 0 Å². The maximum atomic E-state index is 13.3. The number of hydrogen-bond acceptors (Lipinski definition) is 4. The van der Waals surface area contributed by atoms with Crippen LogP contribution in [0.1, 0.15) is 56.2 Å². The zero-order chi connectivity index (χ0) is 21.1. The van der Waals surface area contributed by atoms with Crippen LogP contribution in [-0.2, 0) is 27.5 Å². The van der Waals surface area contributed by atoms with Crippen molar-refractivity contribution in [3.05, 3.63) is 71.1 Å². The Morgan fingerprint density at radius 3 is 2.73 bits per heavy atom. The summed E-state index contributed by atoms with van der Waals surface area (Å²) in [6.07, 6.45) is 5.21. The van der Waals surface area contributed by atoms with Crippen molar-refractivity contribution in [2.45, 2.75) is 58.1 Å². The van der Waals surface area contributed by atoms with E-state index in [0.717, 1.165) is 36.1 Å². The van der Waals surface area contributed by atoms with Gasteiger partial charge in [-0.05, 0) is 29.7 Å². The summed E-state index contributed by atoms with van der Waals surface area (Å²) in [6.45, 7) is 2.80. The monoisotopic (exact) mass is 402 g/mol. The highest BCUT2D eigenvalue weighted by Crippen LogP contribution is 2.57. The van der Waals surface area contributed by atoms with E-state index in [9.17, 15) is 14.9 Å². The molecule has 0 N–H and O–H groups in total. The molecule has 1 aromatic carbocycles. The van der Waals surface area contributed by atoms with Gasteiger partial charge in [-0.3, -0.25) is 4.79 Å². The first-order chi connectivity index (χ1) is 14.6. The molecule has 30 heavy (non-hydrogen) atoms. The molecule has 2 atom stereocenters. The number of unbranched alkanes of at least 4 members (excludes halogenated alkanes) is 2. The molecule has 0 saturated carbocycles. The molecule has 0 bridgehead atoms. The zero-order valence-electron chi connectivity index (χ0n) is 17.3. The van der Waals surface area contributed by atoms with E-state index in [1.54, 1.807) is 0 Å². The second kappa shape index (κ2) is 8.31. The number of nitriles is 1. The highest BCUT2D eigenvalue weighted by molar-refractivity contribution is 5.97. The number of ketones is 1. The van der Waals surface area contributed by atoms with E-state index in [2.05, 4.69) is 13.0 Å². The predicted molar refractivity (Wildman–Crippen MR) is 112 cm³/mol. The van der Waals surface area contributed by atoms with Crippen LogP contribution in [0.2, 0.25) is 0 Å². The predicted octanol–water partition coefficient (Wildman–Crippen LogP) is 4.69. The molecule has 1 aliphatic heterocycles. The Kier molecular flexibility index (Phi) is 5.59. The molecule has 2 aromatic rings. The van der Waals surface area contributed by atoms with Crippen LogP contribution in [0, 0.1) is 16.7 Å². The van der Waals surface area contributed by atoms with Crippen molar-refractivity contribution in [2.24, 2.45) is 5.41 Å². The summed E-state index contributed by atoms with van der Waals surface area (Å²) in [5.41, 5.74) is 2.02. The Hall–Kier alpha value is -3.13. The van der Waals surface area contributed by atoms with Gasteiger partial charge in [0.2, 0.25) is 0 Å². The number of Topliss-reactive ketones (excluding diaryl/α,β-unsaturated/α-hetero) is 1. The zero-order valence-corrected chi connectivity index (χ0v) is 17.3. The molecule has 2 heterocycles. The number of hydrogen-bond donors (Lipinski definition) is 0. The van der Waals surface area contributed by atoms with Crippen LogP contribution in [0.15, 0.2) is 59.8 Å². The van der Waals surface area contributed by atoms with Crippen molar-refractivity contribution >= 4 is 11.8 Å². The Labute approximate surface area is 177 Å². The first kappa shape index (κ1) is 20.2. The second-order valence-corrected chi connectivity index (χ2v) is 8.20. The smallest absolute Gasteiger partial charge is 0.334 e. The lowest BCUT2D eigenvalue weighted by Crippen LogP contribution is -2.33. The average molecular weight is 402 g/mol. The number of carbonyl (C=O) groups excluding carboxylic acids is 2. The lowest BCUT2D eigenvalue weighted by molar-refractivity contribution is -0.140. The van der Waals surface area contributed by atoms with E-state index < -0.39 is 11.4 Å². The van der Waals surface area contributed by atoms with Crippen LogP contribution in [0.5, 0.6) is 0 Å². The van der Waals surface area contributed by atoms with Gasteiger partial charge in [-0.15, -0.1) is 0 Å². The van der Waals surface area contributed by atoms with Gasteiger partial charge in [-0.1, -0.05) is 50.1 Å². The summed E-state index contributed by atoms with van der Waals surface area (Å²) >= 11 is 0. The summed E-state index contributed by atoms with van der Waals surface area (Å²) in [7, 11) is 0. The molecular formula is C25H26N2O3. The molecule has 0 saturated heterocycles. The van der Waals surface area contributed by atoms with Crippen LogP contribution in [0.25, 0.3) is 0 Å². The normalized spacial score (nSPS) is 21.8. The number of nitrogens with zero attached hydrogens (tertiary/aromatic N) is 2. The number of allylic oxidation sites excluding steroid dienone is 1.